The minimum atomic E-state index is -1.10. The van der Waals surface area contributed by atoms with Gasteiger partial charge < -0.3 is 10.1 Å². The summed E-state index contributed by atoms with van der Waals surface area (Å²) >= 11 is 1.31. The largest absolute Gasteiger partial charge is 0.451 e. The Morgan fingerprint density at radius 3 is 2.11 bits per heavy atom. The van der Waals surface area contributed by atoms with Crippen molar-refractivity contribution in [3.8, 4) is 0 Å². The van der Waals surface area contributed by atoms with Crippen LogP contribution in [0.25, 0.3) is 0 Å². The van der Waals surface area contributed by atoms with Gasteiger partial charge in [0.1, 0.15) is 6.04 Å². The molecule has 0 fully saturated rings. The first-order chi connectivity index (χ1) is 12.6. The SMILES string of the molecule is CSC[C@@H](C(=O)O[C@@H](C)C(=O)NC(C)(C)C)N1C(=O)c2ccccc2C1=O. The number of hydrogen-bond donors (Lipinski definition) is 1. The molecule has 0 saturated carbocycles. The van der Waals surface area contributed by atoms with Crippen molar-refractivity contribution in [2.75, 3.05) is 12.0 Å². The number of esters is 1. The minimum absolute atomic E-state index is 0.178. The number of rotatable bonds is 6. The zero-order chi connectivity index (χ0) is 20.4. The third-order valence-electron chi connectivity index (χ3n) is 3.89. The van der Waals surface area contributed by atoms with Gasteiger partial charge in [-0.05, 0) is 46.1 Å². The monoisotopic (exact) mass is 392 g/mol. The number of hydrogen-bond acceptors (Lipinski definition) is 6. The third kappa shape index (κ3) is 4.68. The van der Waals surface area contributed by atoms with Crippen LogP contribution in [-0.4, -0.2) is 58.3 Å². The van der Waals surface area contributed by atoms with E-state index in [1.165, 1.54) is 18.7 Å². The minimum Gasteiger partial charge on any atom is -0.451 e. The second-order valence-electron chi connectivity index (χ2n) is 7.32. The van der Waals surface area contributed by atoms with Crippen LogP contribution in [0.2, 0.25) is 0 Å². The van der Waals surface area contributed by atoms with E-state index >= 15 is 0 Å². The van der Waals surface area contributed by atoms with Crippen molar-refractivity contribution < 1.29 is 23.9 Å². The van der Waals surface area contributed by atoms with Crippen molar-refractivity contribution in [1.82, 2.24) is 10.2 Å². The van der Waals surface area contributed by atoms with Crippen LogP contribution < -0.4 is 5.32 Å². The normalized spacial score (nSPS) is 16.0. The predicted octanol–water partition coefficient (Wildman–Crippen LogP) is 1.86. The van der Waals surface area contributed by atoms with E-state index in [0.29, 0.717) is 0 Å². The fourth-order valence-electron chi connectivity index (χ4n) is 2.67. The van der Waals surface area contributed by atoms with Crippen molar-refractivity contribution in [2.24, 2.45) is 0 Å². The van der Waals surface area contributed by atoms with Gasteiger partial charge in [-0.25, -0.2) is 4.79 Å². The van der Waals surface area contributed by atoms with Gasteiger partial charge in [0.2, 0.25) is 0 Å². The highest BCUT2D eigenvalue weighted by Gasteiger charge is 2.43. The van der Waals surface area contributed by atoms with E-state index in [2.05, 4.69) is 5.32 Å². The maximum Gasteiger partial charge on any atom is 0.331 e. The van der Waals surface area contributed by atoms with Crippen LogP contribution >= 0.6 is 11.8 Å². The van der Waals surface area contributed by atoms with Crippen molar-refractivity contribution in [3.05, 3.63) is 35.4 Å². The lowest BCUT2D eigenvalue weighted by Crippen LogP contribution is -2.50. The van der Waals surface area contributed by atoms with Crippen molar-refractivity contribution in [3.63, 3.8) is 0 Å². The third-order valence-corrected chi connectivity index (χ3v) is 4.54. The van der Waals surface area contributed by atoms with Crippen LogP contribution in [-0.2, 0) is 14.3 Å². The van der Waals surface area contributed by atoms with Crippen molar-refractivity contribution in [2.45, 2.75) is 45.4 Å². The number of fused-ring (bicyclic) bond motifs is 1. The fourth-order valence-corrected chi connectivity index (χ4v) is 3.28. The molecule has 1 aromatic rings. The summed E-state index contributed by atoms with van der Waals surface area (Å²) in [5.41, 5.74) is 0.0544. The first kappa shape index (κ1) is 21.0. The molecule has 2 atom stereocenters. The number of carbonyl (C=O) groups is 4. The lowest BCUT2D eigenvalue weighted by atomic mass is 10.1. The Labute approximate surface area is 162 Å². The summed E-state index contributed by atoms with van der Waals surface area (Å²) in [5.74, 6) is -2.11. The van der Waals surface area contributed by atoms with Crippen LogP contribution in [0.5, 0.6) is 0 Å². The van der Waals surface area contributed by atoms with E-state index < -0.39 is 41.4 Å². The number of benzene rings is 1. The summed E-state index contributed by atoms with van der Waals surface area (Å²) in [4.78, 5) is 51.1. The molecule has 1 aromatic carbocycles. The maximum atomic E-state index is 12.7. The lowest BCUT2D eigenvalue weighted by molar-refractivity contribution is -0.158. The molecule has 0 radical (unpaired) electrons. The average molecular weight is 392 g/mol. The Balaban J connectivity index is 2.18. The van der Waals surface area contributed by atoms with Gasteiger partial charge in [0, 0.05) is 11.3 Å². The summed E-state index contributed by atoms with van der Waals surface area (Å²) in [6.45, 7) is 6.90. The molecular weight excluding hydrogens is 368 g/mol. The molecule has 0 aliphatic carbocycles. The van der Waals surface area contributed by atoms with Gasteiger partial charge in [0.25, 0.3) is 17.7 Å². The zero-order valence-corrected chi connectivity index (χ0v) is 16.9. The Hall–Kier alpha value is -2.35. The molecule has 0 aromatic heterocycles. The highest BCUT2D eigenvalue weighted by Crippen LogP contribution is 2.26. The molecule has 27 heavy (non-hydrogen) atoms. The topological polar surface area (TPSA) is 92.8 Å². The summed E-state index contributed by atoms with van der Waals surface area (Å²) < 4.78 is 5.27. The highest BCUT2D eigenvalue weighted by atomic mass is 32.2. The molecule has 146 valence electrons. The zero-order valence-electron chi connectivity index (χ0n) is 16.1. The summed E-state index contributed by atoms with van der Waals surface area (Å²) in [7, 11) is 0. The van der Waals surface area contributed by atoms with E-state index in [9.17, 15) is 19.2 Å². The fraction of sp³-hybridized carbons (Fsp3) is 0.474. The van der Waals surface area contributed by atoms with Crippen LogP contribution in [0.1, 0.15) is 48.4 Å². The Morgan fingerprint density at radius 1 is 1.15 bits per heavy atom. The molecule has 1 N–H and O–H groups in total. The lowest BCUT2D eigenvalue weighted by Gasteiger charge is -2.27. The first-order valence-corrected chi connectivity index (χ1v) is 9.94. The molecule has 3 amide bonds. The van der Waals surface area contributed by atoms with Gasteiger partial charge in [-0.15, -0.1) is 0 Å². The molecule has 1 aliphatic rings. The van der Waals surface area contributed by atoms with Crippen molar-refractivity contribution in [1.29, 1.82) is 0 Å². The Bertz CT molecular complexity index is 737. The molecule has 0 bridgehead atoms. The maximum absolute atomic E-state index is 12.7. The summed E-state index contributed by atoms with van der Waals surface area (Å²) in [6.07, 6.45) is 0.713. The quantitative estimate of drug-likeness (QED) is 0.587. The van der Waals surface area contributed by atoms with Gasteiger partial charge in [-0.1, -0.05) is 12.1 Å². The first-order valence-electron chi connectivity index (χ1n) is 8.55. The van der Waals surface area contributed by atoms with Gasteiger partial charge in [-0.2, -0.15) is 11.8 Å². The molecule has 0 saturated heterocycles. The molecular formula is C19H24N2O5S. The van der Waals surface area contributed by atoms with Crippen LogP contribution in [0, 0.1) is 0 Å². The second-order valence-corrected chi connectivity index (χ2v) is 8.23. The molecule has 2 rings (SSSR count). The summed E-state index contributed by atoms with van der Waals surface area (Å²) in [6, 6.07) is 5.33. The molecule has 7 nitrogen and oxygen atoms in total. The molecule has 0 spiro atoms. The van der Waals surface area contributed by atoms with Gasteiger partial charge in [-0.3, -0.25) is 19.3 Å². The number of nitrogens with zero attached hydrogens (tertiary/aromatic N) is 1. The molecule has 8 heteroatoms. The van der Waals surface area contributed by atoms with Gasteiger partial charge in [0.05, 0.1) is 11.1 Å². The van der Waals surface area contributed by atoms with E-state index in [4.69, 9.17) is 4.74 Å². The molecule has 1 heterocycles. The Kier molecular flexibility index (Phi) is 6.30. The second kappa shape index (κ2) is 8.12. The van der Waals surface area contributed by atoms with Crippen LogP contribution in [0.15, 0.2) is 24.3 Å². The number of imide groups is 1. The smallest absolute Gasteiger partial charge is 0.331 e. The number of nitrogens with one attached hydrogen (secondary N) is 1. The van der Waals surface area contributed by atoms with Crippen LogP contribution in [0.4, 0.5) is 0 Å². The number of ether oxygens (including phenoxy) is 1. The van der Waals surface area contributed by atoms with Gasteiger partial charge >= 0.3 is 5.97 Å². The summed E-state index contributed by atoms with van der Waals surface area (Å²) in [5, 5.41) is 2.73. The highest BCUT2D eigenvalue weighted by molar-refractivity contribution is 7.98. The number of carbonyl (C=O) groups excluding carboxylic acids is 4. The van der Waals surface area contributed by atoms with E-state index in [1.54, 1.807) is 30.5 Å². The van der Waals surface area contributed by atoms with E-state index in [1.807, 2.05) is 20.8 Å². The molecule has 1 aliphatic heterocycles. The average Bonchev–Trinajstić information content (AvgIpc) is 2.83. The van der Waals surface area contributed by atoms with Crippen LogP contribution in [0.3, 0.4) is 0 Å². The molecule has 0 unspecified atom stereocenters. The number of thioether (sulfide) groups is 1. The predicted molar refractivity (Wildman–Crippen MR) is 103 cm³/mol. The number of amides is 3. The van der Waals surface area contributed by atoms with Crippen molar-refractivity contribution >= 4 is 35.5 Å². The standard InChI is InChI=1S/C19H24N2O5S/c1-11(15(22)20-19(2,3)4)26-18(25)14(10-27-5)21-16(23)12-8-6-7-9-13(12)17(21)24/h6-9,11,14H,10H2,1-5H3,(H,20,22)/t11-,14-/m0/s1. The van der Waals surface area contributed by atoms with E-state index in [0.717, 1.165) is 4.90 Å². The Morgan fingerprint density at radius 2 is 1.67 bits per heavy atom. The van der Waals surface area contributed by atoms with E-state index in [-0.39, 0.29) is 16.9 Å². The van der Waals surface area contributed by atoms with Gasteiger partial charge in [0.15, 0.2) is 6.10 Å².